The van der Waals surface area contributed by atoms with Gasteiger partial charge >= 0.3 is 5.97 Å². The monoisotopic (exact) mass is 340 g/mol. The molecule has 0 radical (unpaired) electrons. The summed E-state index contributed by atoms with van der Waals surface area (Å²) < 4.78 is 0.898. The number of carbonyl (C=O) groups is 2. The van der Waals surface area contributed by atoms with Crippen molar-refractivity contribution in [2.45, 2.75) is 19.4 Å². The Bertz CT molecular complexity index is 521. The summed E-state index contributed by atoms with van der Waals surface area (Å²) in [7, 11) is 0. The molecule has 2 rings (SSSR count). The summed E-state index contributed by atoms with van der Waals surface area (Å²) in [5.41, 5.74) is 0.727. The van der Waals surface area contributed by atoms with Crippen molar-refractivity contribution < 1.29 is 14.7 Å². The van der Waals surface area contributed by atoms with E-state index in [1.165, 1.54) is 0 Å². The molecule has 108 valence electrons. The zero-order valence-electron chi connectivity index (χ0n) is 11.2. The second kappa shape index (κ2) is 6.37. The van der Waals surface area contributed by atoms with Gasteiger partial charge in [0, 0.05) is 16.7 Å². The highest BCUT2D eigenvalue weighted by Crippen LogP contribution is 2.20. The number of anilines is 1. The first-order valence-corrected chi connectivity index (χ1v) is 7.30. The average Bonchev–Trinajstić information content (AvgIpc) is 2.87. The maximum Gasteiger partial charge on any atom is 0.307 e. The Morgan fingerprint density at radius 2 is 2.25 bits per heavy atom. The van der Waals surface area contributed by atoms with E-state index in [-0.39, 0.29) is 17.9 Å². The van der Waals surface area contributed by atoms with Crippen molar-refractivity contribution >= 4 is 33.5 Å². The zero-order chi connectivity index (χ0) is 14.7. The van der Waals surface area contributed by atoms with Gasteiger partial charge in [0.25, 0.3) is 0 Å². The molecule has 20 heavy (non-hydrogen) atoms. The van der Waals surface area contributed by atoms with E-state index in [0.29, 0.717) is 19.5 Å². The topological polar surface area (TPSA) is 69.6 Å². The van der Waals surface area contributed by atoms with Crippen LogP contribution in [-0.2, 0) is 9.59 Å². The lowest BCUT2D eigenvalue weighted by atomic mass is 10.1. The van der Waals surface area contributed by atoms with E-state index in [1.807, 2.05) is 29.2 Å². The Morgan fingerprint density at radius 1 is 1.50 bits per heavy atom. The fourth-order valence-electron chi connectivity index (χ4n) is 2.32. The number of halogens is 1. The van der Waals surface area contributed by atoms with Crippen molar-refractivity contribution in [3.8, 4) is 0 Å². The zero-order valence-corrected chi connectivity index (χ0v) is 12.8. The molecule has 2 N–H and O–H groups in total. The van der Waals surface area contributed by atoms with E-state index in [1.54, 1.807) is 6.92 Å². The number of amides is 1. The Morgan fingerprint density at radius 3 is 2.85 bits per heavy atom. The largest absolute Gasteiger partial charge is 0.481 e. The molecule has 1 fully saturated rings. The van der Waals surface area contributed by atoms with Crippen LogP contribution in [0.2, 0.25) is 0 Å². The summed E-state index contributed by atoms with van der Waals surface area (Å²) in [4.78, 5) is 25.0. The Balaban J connectivity index is 1.94. The SMILES string of the molecule is CC(C(=O)Nc1cccc(Br)c1)N1CCC(C(=O)O)C1. The number of nitrogens with one attached hydrogen (secondary N) is 1. The van der Waals surface area contributed by atoms with Gasteiger partial charge in [0.05, 0.1) is 12.0 Å². The number of hydrogen-bond acceptors (Lipinski definition) is 3. The van der Waals surface area contributed by atoms with Crippen molar-refractivity contribution in [1.29, 1.82) is 0 Å². The first kappa shape index (κ1) is 15.0. The highest BCUT2D eigenvalue weighted by Gasteiger charge is 2.33. The first-order chi connectivity index (χ1) is 9.47. The number of benzene rings is 1. The van der Waals surface area contributed by atoms with Gasteiger partial charge in [-0.2, -0.15) is 0 Å². The van der Waals surface area contributed by atoms with Gasteiger partial charge < -0.3 is 10.4 Å². The summed E-state index contributed by atoms with van der Waals surface area (Å²) in [6, 6.07) is 7.05. The molecule has 1 aromatic rings. The van der Waals surface area contributed by atoms with Crippen molar-refractivity contribution in [1.82, 2.24) is 4.90 Å². The molecule has 2 atom stereocenters. The van der Waals surface area contributed by atoms with E-state index in [2.05, 4.69) is 21.2 Å². The van der Waals surface area contributed by atoms with Crippen LogP contribution >= 0.6 is 15.9 Å². The van der Waals surface area contributed by atoms with E-state index in [9.17, 15) is 9.59 Å². The molecule has 0 saturated carbocycles. The Hall–Kier alpha value is -1.40. The third-order valence-electron chi connectivity index (χ3n) is 3.59. The molecule has 0 aromatic heterocycles. The predicted molar refractivity (Wildman–Crippen MR) is 79.5 cm³/mol. The van der Waals surface area contributed by atoms with Crippen molar-refractivity contribution in [2.24, 2.45) is 5.92 Å². The van der Waals surface area contributed by atoms with Crippen LogP contribution in [0.15, 0.2) is 28.7 Å². The summed E-state index contributed by atoms with van der Waals surface area (Å²) in [5, 5.41) is 11.8. The fraction of sp³-hybridized carbons (Fsp3) is 0.429. The number of carboxylic acid groups (broad SMARTS) is 1. The van der Waals surface area contributed by atoms with Crippen LogP contribution in [0.4, 0.5) is 5.69 Å². The van der Waals surface area contributed by atoms with Gasteiger partial charge in [-0.3, -0.25) is 14.5 Å². The molecular formula is C14H17BrN2O3. The predicted octanol–water partition coefficient (Wildman–Crippen LogP) is 2.18. The molecule has 0 spiro atoms. The normalized spacial score (nSPS) is 20.6. The number of hydrogen-bond donors (Lipinski definition) is 2. The van der Waals surface area contributed by atoms with Crippen LogP contribution in [0.25, 0.3) is 0 Å². The second-order valence-corrected chi connectivity index (χ2v) is 5.91. The molecule has 1 heterocycles. The third-order valence-corrected chi connectivity index (χ3v) is 4.08. The van der Waals surface area contributed by atoms with Gasteiger partial charge in [-0.1, -0.05) is 22.0 Å². The van der Waals surface area contributed by atoms with Gasteiger partial charge in [-0.25, -0.2) is 0 Å². The number of aliphatic carboxylic acids is 1. The van der Waals surface area contributed by atoms with Gasteiger partial charge in [0.1, 0.15) is 0 Å². The van der Waals surface area contributed by atoms with Crippen LogP contribution < -0.4 is 5.32 Å². The molecule has 5 nitrogen and oxygen atoms in total. The first-order valence-electron chi connectivity index (χ1n) is 6.50. The number of carboxylic acids is 1. The molecule has 1 aliphatic rings. The molecular weight excluding hydrogens is 324 g/mol. The van der Waals surface area contributed by atoms with Gasteiger partial charge in [-0.05, 0) is 38.1 Å². The lowest BCUT2D eigenvalue weighted by molar-refractivity contribution is -0.141. The van der Waals surface area contributed by atoms with Crippen LogP contribution in [-0.4, -0.2) is 41.0 Å². The molecule has 6 heteroatoms. The molecule has 1 aromatic carbocycles. The van der Waals surface area contributed by atoms with Crippen molar-refractivity contribution in [3.05, 3.63) is 28.7 Å². The van der Waals surface area contributed by atoms with Gasteiger partial charge in [0.2, 0.25) is 5.91 Å². The summed E-state index contributed by atoms with van der Waals surface area (Å²) in [6.07, 6.45) is 0.601. The maximum absolute atomic E-state index is 12.2. The highest BCUT2D eigenvalue weighted by atomic mass is 79.9. The second-order valence-electron chi connectivity index (χ2n) is 4.99. The van der Waals surface area contributed by atoms with E-state index < -0.39 is 5.97 Å². The minimum atomic E-state index is -0.785. The minimum absolute atomic E-state index is 0.117. The lowest BCUT2D eigenvalue weighted by Gasteiger charge is -2.23. The summed E-state index contributed by atoms with van der Waals surface area (Å²) in [5.74, 6) is -1.27. The maximum atomic E-state index is 12.2. The van der Waals surface area contributed by atoms with Crippen molar-refractivity contribution in [2.75, 3.05) is 18.4 Å². The summed E-state index contributed by atoms with van der Waals surface area (Å²) >= 11 is 3.35. The molecule has 0 bridgehead atoms. The molecule has 1 aliphatic heterocycles. The van der Waals surface area contributed by atoms with Crippen LogP contribution in [0.1, 0.15) is 13.3 Å². The highest BCUT2D eigenvalue weighted by molar-refractivity contribution is 9.10. The van der Waals surface area contributed by atoms with Crippen molar-refractivity contribution in [3.63, 3.8) is 0 Å². The number of carbonyl (C=O) groups excluding carboxylic acids is 1. The number of nitrogens with zero attached hydrogens (tertiary/aromatic N) is 1. The van der Waals surface area contributed by atoms with Gasteiger partial charge in [-0.15, -0.1) is 0 Å². The fourth-order valence-corrected chi connectivity index (χ4v) is 2.72. The van der Waals surface area contributed by atoms with Crippen LogP contribution in [0.5, 0.6) is 0 Å². The Kier molecular flexibility index (Phi) is 4.77. The number of likely N-dealkylation sites (tertiary alicyclic amines) is 1. The molecule has 1 saturated heterocycles. The van der Waals surface area contributed by atoms with E-state index in [0.717, 1.165) is 10.2 Å². The van der Waals surface area contributed by atoms with Crippen LogP contribution in [0, 0.1) is 5.92 Å². The third kappa shape index (κ3) is 3.58. The standard InChI is InChI=1S/C14H17BrN2O3/c1-9(17-6-5-10(8-17)14(19)20)13(18)16-12-4-2-3-11(15)7-12/h2-4,7,9-10H,5-6,8H2,1H3,(H,16,18)(H,19,20). The van der Waals surface area contributed by atoms with E-state index >= 15 is 0 Å². The van der Waals surface area contributed by atoms with E-state index in [4.69, 9.17) is 5.11 Å². The lowest BCUT2D eigenvalue weighted by Crippen LogP contribution is -2.41. The number of rotatable bonds is 4. The molecule has 0 aliphatic carbocycles. The summed E-state index contributed by atoms with van der Waals surface area (Å²) in [6.45, 7) is 2.88. The quantitative estimate of drug-likeness (QED) is 0.881. The molecule has 1 amide bonds. The van der Waals surface area contributed by atoms with Gasteiger partial charge in [0.15, 0.2) is 0 Å². The molecule has 2 unspecified atom stereocenters. The smallest absolute Gasteiger partial charge is 0.307 e. The average molecular weight is 341 g/mol. The Labute approximate surface area is 126 Å². The van der Waals surface area contributed by atoms with Crippen LogP contribution in [0.3, 0.4) is 0 Å². The minimum Gasteiger partial charge on any atom is -0.481 e.